The second kappa shape index (κ2) is 9.97. The van der Waals surface area contributed by atoms with E-state index < -0.39 is 15.6 Å². The molecule has 3 aromatic carbocycles. The maximum absolute atomic E-state index is 13.8. The Bertz CT molecular complexity index is 1650. The summed E-state index contributed by atoms with van der Waals surface area (Å²) < 4.78 is 50.3. The largest absolute Gasteiger partial charge is 0.493 e. The first-order valence-corrected chi connectivity index (χ1v) is 13.0. The molecular formula is C26H23ClN2O7S. The van der Waals surface area contributed by atoms with Crippen molar-refractivity contribution in [2.75, 3.05) is 21.0 Å². The molecule has 1 aromatic heterocycles. The van der Waals surface area contributed by atoms with Crippen LogP contribution < -0.4 is 24.5 Å². The summed E-state index contributed by atoms with van der Waals surface area (Å²) in [6.07, 6.45) is 0. The fraction of sp³-hybridized carbons (Fsp3) is 0.192. The number of hydrogen-bond donors (Lipinski definition) is 1. The van der Waals surface area contributed by atoms with Crippen LogP contribution in [0.15, 0.2) is 70.4 Å². The Kier molecular flexibility index (Phi) is 6.72. The molecule has 1 aliphatic heterocycles. The van der Waals surface area contributed by atoms with Gasteiger partial charge in [0.15, 0.2) is 23.0 Å². The van der Waals surface area contributed by atoms with Gasteiger partial charge < -0.3 is 23.9 Å². The highest BCUT2D eigenvalue weighted by Gasteiger charge is 2.28. The zero-order chi connectivity index (χ0) is 26.2. The number of pyridine rings is 1. The van der Waals surface area contributed by atoms with Gasteiger partial charge in [-0.25, -0.2) is 8.42 Å². The molecule has 0 spiro atoms. The number of hydrogen-bond acceptors (Lipinski definition) is 7. The van der Waals surface area contributed by atoms with Crippen molar-refractivity contribution in [1.82, 2.24) is 9.29 Å². The molecule has 192 valence electrons. The number of nitrogens with zero attached hydrogens (tertiary/aromatic N) is 1. The van der Waals surface area contributed by atoms with Crippen molar-refractivity contribution < 1.29 is 27.4 Å². The molecule has 0 fully saturated rings. The molecule has 1 aliphatic rings. The Morgan fingerprint density at radius 1 is 0.946 bits per heavy atom. The lowest BCUT2D eigenvalue weighted by molar-refractivity contribution is 0.174. The van der Waals surface area contributed by atoms with Crippen LogP contribution in [-0.4, -0.2) is 38.7 Å². The quantitative estimate of drug-likeness (QED) is 0.353. The number of aromatic amines is 1. The van der Waals surface area contributed by atoms with E-state index in [1.165, 1.54) is 30.7 Å². The number of ether oxygens (including phenoxy) is 4. The normalized spacial score (nSPS) is 12.8. The van der Waals surface area contributed by atoms with E-state index in [1.807, 2.05) is 0 Å². The summed E-state index contributed by atoms with van der Waals surface area (Å²) in [5, 5.41) is 0.743. The number of nitrogens with one attached hydrogen (secondary N) is 1. The molecule has 4 aromatic rings. The molecule has 0 saturated heterocycles. The molecule has 37 heavy (non-hydrogen) atoms. The Labute approximate surface area is 218 Å². The van der Waals surface area contributed by atoms with Gasteiger partial charge in [0.25, 0.3) is 5.56 Å². The zero-order valence-corrected chi connectivity index (χ0v) is 21.6. The van der Waals surface area contributed by atoms with Gasteiger partial charge in [0.2, 0.25) is 16.8 Å². The number of benzene rings is 3. The maximum Gasteiger partial charge on any atom is 0.252 e. The first kappa shape index (κ1) is 24.9. The maximum atomic E-state index is 13.8. The van der Waals surface area contributed by atoms with Crippen LogP contribution in [0.1, 0.15) is 11.1 Å². The van der Waals surface area contributed by atoms with Crippen LogP contribution in [0.25, 0.3) is 10.9 Å². The minimum atomic E-state index is -4.10. The Hall–Kier alpha value is -3.73. The SMILES string of the molecule is COc1cc2cc(CN(Cc3ccc4c(c3)OCO4)S(=O)(=O)c3ccccc3Cl)c(=O)[nH]c2cc1OC. The molecule has 0 saturated carbocycles. The third kappa shape index (κ3) is 4.83. The van der Waals surface area contributed by atoms with Crippen LogP contribution in [0, 0.1) is 0 Å². The number of halogens is 1. The zero-order valence-electron chi connectivity index (χ0n) is 20.0. The van der Waals surface area contributed by atoms with Gasteiger partial charge in [0.1, 0.15) is 4.90 Å². The van der Waals surface area contributed by atoms with Crippen LogP contribution in [0.4, 0.5) is 0 Å². The minimum Gasteiger partial charge on any atom is -0.493 e. The van der Waals surface area contributed by atoms with E-state index >= 15 is 0 Å². The topological polar surface area (TPSA) is 107 Å². The van der Waals surface area contributed by atoms with Crippen LogP contribution >= 0.6 is 11.6 Å². The molecule has 0 radical (unpaired) electrons. The number of aromatic nitrogens is 1. The van der Waals surface area contributed by atoms with Gasteiger partial charge in [-0.3, -0.25) is 4.79 Å². The van der Waals surface area contributed by atoms with E-state index in [4.69, 9.17) is 30.5 Å². The highest BCUT2D eigenvalue weighted by Crippen LogP contribution is 2.35. The summed E-state index contributed by atoms with van der Waals surface area (Å²) in [7, 11) is -1.09. The summed E-state index contributed by atoms with van der Waals surface area (Å²) in [6, 6.07) is 16.4. The van der Waals surface area contributed by atoms with Crippen molar-refractivity contribution in [3.63, 3.8) is 0 Å². The first-order valence-electron chi connectivity index (χ1n) is 11.2. The molecule has 5 rings (SSSR count). The number of sulfonamides is 1. The van der Waals surface area contributed by atoms with Gasteiger partial charge in [0.05, 0.1) is 24.8 Å². The number of fused-ring (bicyclic) bond motifs is 2. The van der Waals surface area contributed by atoms with Crippen molar-refractivity contribution in [3.8, 4) is 23.0 Å². The molecule has 0 unspecified atom stereocenters. The standard InChI is InChI=1S/C26H23ClN2O7S/c1-33-22-11-17-10-18(26(30)28-20(17)12-23(22)34-2)14-29(37(31,32)25-6-4-3-5-19(25)27)13-16-7-8-21-24(9-16)36-15-35-21/h3-12H,13-15H2,1-2H3,(H,28,30). The lowest BCUT2D eigenvalue weighted by atomic mass is 10.1. The van der Waals surface area contributed by atoms with Crippen molar-refractivity contribution in [2.45, 2.75) is 18.0 Å². The second-order valence-corrected chi connectivity index (χ2v) is 10.6. The van der Waals surface area contributed by atoms with Crippen LogP contribution in [0.5, 0.6) is 23.0 Å². The minimum absolute atomic E-state index is 0.0341. The van der Waals surface area contributed by atoms with Gasteiger partial charge in [-0.2, -0.15) is 4.31 Å². The van der Waals surface area contributed by atoms with Crippen LogP contribution in [0.3, 0.4) is 0 Å². The third-order valence-corrected chi connectivity index (χ3v) is 8.31. The Morgan fingerprint density at radius 3 is 2.43 bits per heavy atom. The average Bonchev–Trinajstić information content (AvgIpc) is 3.36. The van der Waals surface area contributed by atoms with Gasteiger partial charge in [-0.1, -0.05) is 29.8 Å². The van der Waals surface area contributed by atoms with Crippen LogP contribution in [-0.2, 0) is 23.1 Å². The smallest absolute Gasteiger partial charge is 0.252 e. The molecule has 0 atom stereocenters. The summed E-state index contributed by atoms with van der Waals surface area (Å²) in [4.78, 5) is 15.8. The highest BCUT2D eigenvalue weighted by atomic mass is 35.5. The summed E-state index contributed by atoms with van der Waals surface area (Å²) in [5.41, 5.74) is 1.01. The van der Waals surface area contributed by atoms with Crippen molar-refractivity contribution in [3.05, 3.63) is 87.2 Å². The van der Waals surface area contributed by atoms with Gasteiger partial charge >= 0.3 is 0 Å². The molecule has 2 heterocycles. The molecular weight excluding hydrogens is 520 g/mol. The lowest BCUT2D eigenvalue weighted by Crippen LogP contribution is -2.32. The summed E-state index contributed by atoms with van der Waals surface area (Å²) in [6.45, 7) is -0.142. The third-order valence-electron chi connectivity index (χ3n) is 6.02. The van der Waals surface area contributed by atoms with Crippen molar-refractivity contribution >= 4 is 32.5 Å². The second-order valence-electron chi connectivity index (χ2n) is 8.31. The van der Waals surface area contributed by atoms with Crippen molar-refractivity contribution in [1.29, 1.82) is 0 Å². The van der Waals surface area contributed by atoms with E-state index in [1.54, 1.807) is 48.5 Å². The van der Waals surface area contributed by atoms with Gasteiger partial charge in [-0.15, -0.1) is 0 Å². The molecule has 0 aliphatic carbocycles. The van der Waals surface area contributed by atoms with E-state index in [2.05, 4.69) is 4.98 Å². The van der Waals surface area contributed by atoms with E-state index in [9.17, 15) is 13.2 Å². The predicted octanol–water partition coefficient (Wildman–Crippen LogP) is 4.32. The molecule has 9 nitrogen and oxygen atoms in total. The van der Waals surface area contributed by atoms with E-state index in [0.717, 1.165) is 0 Å². The van der Waals surface area contributed by atoms with E-state index in [-0.39, 0.29) is 35.4 Å². The highest BCUT2D eigenvalue weighted by molar-refractivity contribution is 7.89. The molecule has 11 heteroatoms. The van der Waals surface area contributed by atoms with E-state index in [0.29, 0.717) is 39.5 Å². The number of methoxy groups -OCH3 is 2. The number of rotatable bonds is 8. The van der Waals surface area contributed by atoms with Crippen LogP contribution in [0.2, 0.25) is 5.02 Å². The fourth-order valence-corrected chi connectivity index (χ4v) is 6.05. The molecule has 1 N–H and O–H groups in total. The Balaban J connectivity index is 1.58. The molecule has 0 amide bonds. The van der Waals surface area contributed by atoms with Gasteiger partial charge in [0, 0.05) is 30.1 Å². The molecule has 0 bridgehead atoms. The van der Waals surface area contributed by atoms with Crippen molar-refractivity contribution in [2.24, 2.45) is 0 Å². The average molecular weight is 543 g/mol. The first-order chi connectivity index (χ1) is 17.8. The fourth-order valence-electron chi connectivity index (χ4n) is 4.15. The van der Waals surface area contributed by atoms with Gasteiger partial charge in [-0.05, 0) is 42.0 Å². The predicted molar refractivity (Wildman–Crippen MR) is 138 cm³/mol. The Morgan fingerprint density at radius 2 is 1.68 bits per heavy atom. The summed E-state index contributed by atoms with van der Waals surface area (Å²) >= 11 is 6.27. The lowest BCUT2D eigenvalue weighted by Gasteiger charge is -2.23. The number of H-pyrrole nitrogens is 1. The monoisotopic (exact) mass is 542 g/mol. The summed E-state index contributed by atoms with van der Waals surface area (Å²) in [5.74, 6) is 2.05.